The van der Waals surface area contributed by atoms with Gasteiger partial charge in [-0.05, 0) is 49.9 Å². The molecule has 4 rings (SSSR count). The Kier molecular flexibility index (Phi) is 6.23. The SMILES string of the molecule is CCn1ccc(C(=O)N2CCCC[C@@H]2c2nc(N(C)C)ncc2-c2cccc(Cl)c2)n1. The van der Waals surface area contributed by atoms with Crippen LogP contribution in [0.25, 0.3) is 11.1 Å². The van der Waals surface area contributed by atoms with E-state index < -0.39 is 0 Å². The van der Waals surface area contributed by atoms with E-state index in [1.165, 1.54) is 0 Å². The van der Waals surface area contributed by atoms with Crippen LogP contribution in [0.4, 0.5) is 5.95 Å². The van der Waals surface area contributed by atoms with Gasteiger partial charge in [0.2, 0.25) is 5.95 Å². The van der Waals surface area contributed by atoms with Gasteiger partial charge in [0.1, 0.15) is 5.69 Å². The predicted octanol–water partition coefficient (Wildman–Crippen LogP) is 4.45. The number of rotatable bonds is 5. The summed E-state index contributed by atoms with van der Waals surface area (Å²) in [6.07, 6.45) is 6.53. The molecule has 2 aromatic heterocycles. The van der Waals surface area contributed by atoms with Crippen LogP contribution in [0.2, 0.25) is 5.02 Å². The van der Waals surface area contributed by atoms with Crippen LogP contribution in [0, 0.1) is 0 Å². The first kappa shape index (κ1) is 21.3. The molecule has 7 nitrogen and oxygen atoms in total. The molecule has 0 N–H and O–H groups in total. The Hall–Kier alpha value is -2.93. The number of carbonyl (C=O) groups excluding carboxylic acids is 1. The molecule has 8 heteroatoms. The molecule has 1 amide bonds. The number of hydrogen-bond acceptors (Lipinski definition) is 5. The zero-order valence-corrected chi connectivity index (χ0v) is 18.9. The highest BCUT2D eigenvalue weighted by Gasteiger charge is 2.33. The molecule has 1 aliphatic rings. The summed E-state index contributed by atoms with van der Waals surface area (Å²) < 4.78 is 1.78. The van der Waals surface area contributed by atoms with E-state index >= 15 is 0 Å². The van der Waals surface area contributed by atoms with Gasteiger partial charge in [0.15, 0.2) is 0 Å². The minimum atomic E-state index is -0.149. The second-order valence-corrected chi connectivity index (χ2v) is 8.38. The molecule has 3 aromatic rings. The summed E-state index contributed by atoms with van der Waals surface area (Å²) in [6, 6.07) is 9.32. The van der Waals surface area contributed by atoms with Crippen LogP contribution >= 0.6 is 11.6 Å². The highest BCUT2D eigenvalue weighted by molar-refractivity contribution is 6.30. The molecule has 0 radical (unpaired) electrons. The van der Waals surface area contributed by atoms with Crippen LogP contribution < -0.4 is 4.90 Å². The summed E-state index contributed by atoms with van der Waals surface area (Å²) in [4.78, 5) is 26.6. The lowest BCUT2D eigenvalue weighted by atomic mass is 9.93. The van der Waals surface area contributed by atoms with Gasteiger partial charge in [0, 0.05) is 50.2 Å². The predicted molar refractivity (Wildman–Crippen MR) is 122 cm³/mol. The Morgan fingerprint density at radius 2 is 2.10 bits per heavy atom. The molecule has 0 aliphatic carbocycles. The summed E-state index contributed by atoms with van der Waals surface area (Å²) in [5.74, 6) is 0.563. The summed E-state index contributed by atoms with van der Waals surface area (Å²) in [6.45, 7) is 3.42. The van der Waals surface area contributed by atoms with Gasteiger partial charge in [-0.25, -0.2) is 9.97 Å². The summed E-state index contributed by atoms with van der Waals surface area (Å²) in [7, 11) is 3.83. The standard InChI is InChI=1S/C23H27ClN6O/c1-4-29-13-11-19(27-29)22(31)30-12-6-5-10-20(30)21-18(15-25-23(26-21)28(2)3)16-8-7-9-17(24)14-16/h7-9,11,13-15,20H,4-6,10,12H2,1-3H3/t20-/m1/s1. The van der Waals surface area contributed by atoms with Crippen molar-refractivity contribution >= 4 is 23.5 Å². The number of amides is 1. The fraction of sp³-hybridized carbons (Fsp3) is 0.391. The lowest BCUT2D eigenvalue weighted by Crippen LogP contribution is -2.39. The second kappa shape index (κ2) is 9.06. The van der Waals surface area contributed by atoms with Gasteiger partial charge in [-0.15, -0.1) is 0 Å². The van der Waals surface area contributed by atoms with Crippen molar-refractivity contribution in [3.05, 3.63) is 59.1 Å². The average molecular weight is 439 g/mol. The van der Waals surface area contributed by atoms with E-state index in [1.807, 2.05) is 67.5 Å². The summed E-state index contributed by atoms with van der Waals surface area (Å²) >= 11 is 6.27. The molecule has 1 fully saturated rings. The van der Waals surface area contributed by atoms with E-state index in [4.69, 9.17) is 16.6 Å². The maximum atomic E-state index is 13.4. The summed E-state index contributed by atoms with van der Waals surface area (Å²) in [5.41, 5.74) is 3.17. The third-order valence-electron chi connectivity index (χ3n) is 5.60. The minimum absolute atomic E-state index is 0.0565. The molecule has 162 valence electrons. The zero-order valence-electron chi connectivity index (χ0n) is 18.1. The number of carbonyl (C=O) groups is 1. The average Bonchev–Trinajstić information content (AvgIpc) is 3.27. The first-order valence-corrected chi connectivity index (χ1v) is 11.0. The fourth-order valence-corrected chi connectivity index (χ4v) is 4.18. The number of anilines is 1. The Morgan fingerprint density at radius 1 is 1.26 bits per heavy atom. The van der Waals surface area contributed by atoms with E-state index in [2.05, 4.69) is 10.1 Å². The molecule has 3 heterocycles. The topological polar surface area (TPSA) is 67.2 Å². The van der Waals surface area contributed by atoms with Crippen molar-refractivity contribution in [2.45, 2.75) is 38.8 Å². The normalized spacial score (nSPS) is 16.4. The van der Waals surface area contributed by atoms with Crippen LogP contribution in [-0.4, -0.2) is 51.2 Å². The molecule has 0 saturated carbocycles. The van der Waals surface area contributed by atoms with Crippen LogP contribution in [-0.2, 0) is 6.54 Å². The van der Waals surface area contributed by atoms with Gasteiger partial charge in [-0.2, -0.15) is 5.10 Å². The van der Waals surface area contributed by atoms with Crippen molar-refractivity contribution in [3.8, 4) is 11.1 Å². The number of likely N-dealkylation sites (tertiary alicyclic amines) is 1. The number of halogens is 1. The monoisotopic (exact) mass is 438 g/mol. The molecule has 0 unspecified atom stereocenters. The van der Waals surface area contributed by atoms with Gasteiger partial charge >= 0.3 is 0 Å². The molecule has 1 saturated heterocycles. The van der Waals surface area contributed by atoms with Crippen molar-refractivity contribution in [1.29, 1.82) is 0 Å². The fourth-order valence-electron chi connectivity index (χ4n) is 3.99. The van der Waals surface area contributed by atoms with Crippen LogP contribution in [0.5, 0.6) is 0 Å². The maximum absolute atomic E-state index is 13.4. The van der Waals surface area contributed by atoms with Gasteiger partial charge in [-0.3, -0.25) is 9.48 Å². The largest absolute Gasteiger partial charge is 0.347 e. The number of benzene rings is 1. The van der Waals surface area contributed by atoms with Crippen LogP contribution in [0.3, 0.4) is 0 Å². The van der Waals surface area contributed by atoms with Gasteiger partial charge in [0.25, 0.3) is 5.91 Å². The molecule has 1 atom stereocenters. The quantitative estimate of drug-likeness (QED) is 0.588. The molecule has 0 spiro atoms. The third kappa shape index (κ3) is 4.42. The van der Waals surface area contributed by atoms with E-state index in [1.54, 1.807) is 10.7 Å². The minimum Gasteiger partial charge on any atom is -0.347 e. The van der Waals surface area contributed by atoms with Crippen molar-refractivity contribution in [2.24, 2.45) is 0 Å². The Balaban J connectivity index is 1.79. The first-order valence-electron chi connectivity index (χ1n) is 10.6. The van der Waals surface area contributed by atoms with Gasteiger partial charge in [-0.1, -0.05) is 23.7 Å². The molecule has 31 heavy (non-hydrogen) atoms. The molecule has 1 aliphatic heterocycles. The Labute approximate surface area is 187 Å². The van der Waals surface area contributed by atoms with E-state index in [0.29, 0.717) is 23.2 Å². The number of nitrogens with zero attached hydrogens (tertiary/aromatic N) is 6. The first-order chi connectivity index (χ1) is 15.0. The number of aryl methyl sites for hydroxylation is 1. The molecular formula is C23H27ClN6O. The molecule has 1 aromatic carbocycles. The highest BCUT2D eigenvalue weighted by Crippen LogP contribution is 2.37. The number of aromatic nitrogens is 4. The molecular weight excluding hydrogens is 412 g/mol. The van der Waals surface area contributed by atoms with Gasteiger partial charge in [0.05, 0.1) is 11.7 Å². The number of hydrogen-bond donors (Lipinski definition) is 0. The van der Waals surface area contributed by atoms with Gasteiger partial charge < -0.3 is 9.80 Å². The van der Waals surface area contributed by atoms with Crippen molar-refractivity contribution in [2.75, 3.05) is 25.5 Å². The number of piperidine rings is 1. The van der Waals surface area contributed by atoms with Crippen LogP contribution in [0.1, 0.15) is 48.4 Å². The maximum Gasteiger partial charge on any atom is 0.274 e. The van der Waals surface area contributed by atoms with Crippen LogP contribution in [0.15, 0.2) is 42.7 Å². The highest BCUT2D eigenvalue weighted by atomic mass is 35.5. The second-order valence-electron chi connectivity index (χ2n) is 7.94. The lowest BCUT2D eigenvalue weighted by molar-refractivity contribution is 0.0599. The van der Waals surface area contributed by atoms with Crippen molar-refractivity contribution in [3.63, 3.8) is 0 Å². The Morgan fingerprint density at radius 3 is 2.81 bits per heavy atom. The third-order valence-corrected chi connectivity index (χ3v) is 5.84. The van der Waals surface area contributed by atoms with E-state index in [-0.39, 0.29) is 11.9 Å². The Bertz CT molecular complexity index is 1080. The van der Waals surface area contributed by atoms with E-state index in [9.17, 15) is 4.79 Å². The van der Waals surface area contributed by atoms with Crippen molar-refractivity contribution < 1.29 is 4.79 Å². The lowest BCUT2D eigenvalue weighted by Gasteiger charge is -2.36. The van der Waals surface area contributed by atoms with E-state index in [0.717, 1.165) is 42.6 Å². The zero-order chi connectivity index (χ0) is 22.0. The van der Waals surface area contributed by atoms with Crippen molar-refractivity contribution in [1.82, 2.24) is 24.6 Å². The smallest absolute Gasteiger partial charge is 0.274 e. The molecule has 0 bridgehead atoms. The summed E-state index contributed by atoms with van der Waals surface area (Å²) in [5, 5.41) is 5.09.